The van der Waals surface area contributed by atoms with Gasteiger partial charge >= 0.3 is 0 Å². The summed E-state index contributed by atoms with van der Waals surface area (Å²) in [6, 6.07) is 1.48. The maximum absolute atomic E-state index is 10.9. The lowest BCUT2D eigenvalue weighted by atomic mass is 10.1. The second kappa shape index (κ2) is 4.76. The van der Waals surface area contributed by atoms with E-state index in [1.54, 1.807) is 0 Å². The molecule has 0 aliphatic rings. The van der Waals surface area contributed by atoms with Crippen molar-refractivity contribution in [2.45, 2.75) is 19.9 Å². The van der Waals surface area contributed by atoms with Crippen LogP contribution >= 0.6 is 0 Å². The van der Waals surface area contributed by atoms with Crippen LogP contribution in [0, 0.1) is 5.92 Å². The van der Waals surface area contributed by atoms with Crippen molar-refractivity contribution in [3.63, 3.8) is 0 Å². The minimum atomic E-state index is -0.166. The van der Waals surface area contributed by atoms with Crippen LogP contribution in [0.3, 0.4) is 0 Å². The lowest BCUT2D eigenvalue weighted by Crippen LogP contribution is -2.34. The van der Waals surface area contributed by atoms with E-state index < -0.39 is 0 Å². The molecule has 1 heterocycles. The van der Waals surface area contributed by atoms with Crippen LogP contribution < -0.4 is 16.6 Å². The van der Waals surface area contributed by atoms with Crippen molar-refractivity contribution in [3.8, 4) is 0 Å². The smallest absolute Gasteiger partial charge is 0.252 e. The molecule has 5 nitrogen and oxygen atoms in total. The fraction of sp³-hybridized carbons (Fsp3) is 0.556. The van der Waals surface area contributed by atoms with Gasteiger partial charge in [-0.3, -0.25) is 4.79 Å². The van der Waals surface area contributed by atoms with Gasteiger partial charge in [-0.05, 0) is 5.92 Å². The van der Waals surface area contributed by atoms with Crippen LogP contribution in [0.1, 0.15) is 13.8 Å². The van der Waals surface area contributed by atoms with Gasteiger partial charge in [0.15, 0.2) is 0 Å². The van der Waals surface area contributed by atoms with Gasteiger partial charge in [-0.25, -0.2) is 4.98 Å². The zero-order valence-corrected chi connectivity index (χ0v) is 8.45. The largest absolute Gasteiger partial charge is 0.368 e. The first-order chi connectivity index (χ1) is 6.59. The van der Waals surface area contributed by atoms with Crippen LogP contribution in [0.25, 0.3) is 0 Å². The Morgan fingerprint density at radius 3 is 2.93 bits per heavy atom. The summed E-state index contributed by atoms with van der Waals surface area (Å²) in [7, 11) is 0. The fourth-order valence-corrected chi connectivity index (χ4v) is 0.923. The molecule has 1 rings (SSSR count). The number of anilines is 1. The molecule has 0 fully saturated rings. The topological polar surface area (TPSA) is 83.8 Å². The third-order valence-corrected chi connectivity index (χ3v) is 2.05. The van der Waals surface area contributed by atoms with E-state index in [4.69, 9.17) is 5.73 Å². The number of aromatic amines is 1. The number of aromatic nitrogens is 2. The zero-order chi connectivity index (χ0) is 10.6. The maximum Gasteiger partial charge on any atom is 0.252 e. The lowest BCUT2D eigenvalue weighted by molar-refractivity contribution is 0.511. The molecule has 1 atom stereocenters. The SMILES string of the molecule is CC(C)C(N)CNc1cc(=O)[nH]cn1. The van der Waals surface area contributed by atoms with Crippen LogP contribution in [0.2, 0.25) is 0 Å². The van der Waals surface area contributed by atoms with Crippen molar-refractivity contribution in [1.82, 2.24) is 9.97 Å². The third-order valence-electron chi connectivity index (χ3n) is 2.05. The minimum Gasteiger partial charge on any atom is -0.368 e. The van der Waals surface area contributed by atoms with Crippen molar-refractivity contribution in [1.29, 1.82) is 0 Å². The average Bonchev–Trinajstić information content (AvgIpc) is 2.14. The summed E-state index contributed by atoms with van der Waals surface area (Å²) < 4.78 is 0. The van der Waals surface area contributed by atoms with Crippen LogP contribution in [0.15, 0.2) is 17.2 Å². The molecular formula is C9H16N4O. The molecule has 1 aromatic heterocycles. The first-order valence-corrected chi connectivity index (χ1v) is 4.64. The van der Waals surface area contributed by atoms with Gasteiger partial charge in [0.2, 0.25) is 0 Å². The van der Waals surface area contributed by atoms with Gasteiger partial charge < -0.3 is 16.0 Å². The van der Waals surface area contributed by atoms with E-state index >= 15 is 0 Å². The molecule has 0 bridgehead atoms. The Morgan fingerprint density at radius 1 is 1.64 bits per heavy atom. The van der Waals surface area contributed by atoms with Crippen LogP contribution in [-0.2, 0) is 0 Å². The van der Waals surface area contributed by atoms with E-state index in [-0.39, 0.29) is 11.6 Å². The molecule has 78 valence electrons. The van der Waals surface area contributed by atoms with Crippen LogP contribution in [0.5, 0.6) is 0 Å². The molecule has 1 aromatic rings. The number of nitrogens with zero attached hydrogens (tertiary/aromatic N) is 1. The molecule has 1 unspecified atom stereocenters. The van der Waals surface area contributed by atoms with Crippen LogP contribution in [0.4, 0.5) is 5.82 Å². The number of hydrogen-bond acceptors (Lipinski definition) is 4. The van der Waals surface area contributed by atoms with Gasteiger partial charge in [0.1, 0.15) is 5.82 Å². The molecule has 0 amide bonds. The highest BCUT2D eigenvalue weighted by Crippen LogP contribution is 2.00. The molecule has 0 radical (unpaired) electrons. The van der Waals surface area contributed by atoms with Gasteiger partial charge in [0, 0.05) is 18.7 Å². The third kappa shape index (κ3) is 3.18. The monoisotopic (exact) mass is 196 g/mol. The van der Waals surface area contributed by atoms with Gasteiger partial charge in [-0.1, -0.05) is 13.8 Å². The first-order valence-electron chi connectivity index (χ1n) is 4.64. The highest BCUT2D eigenvalue weighted by Gasteiger charge is 2.06. The van der Waals surface area contributed by atoms with Crippen molar-refractivity contribution in [2.75, 3.05) is 11.9 Å². The molecule has 0 aliphatic heterocycles. The van der Waals surface area contributed by atoms with Gasteiger partial charge in [0.25, 0.3) is 5.56 Å². The summed E-state index contributed by atoms with van der Waals surface area (Å²) in [5.74, 6) is 0.967. The standard InChI is InChI=1S/C9H16N4O/c1-6(2)7(10)4-11-8-3-9(14)13-5-12-8/h3,5-7H,4,10H2,1-2H3,(H2,11,12,13,14). The van der Waals surface area contributed by atoms with E-state index in [9.17, 15) is 4.79 Å². The summed E-state index contributed by atoms with van der Waals surface area (Å²) >= 11 is 0. The number of rotatable bonds is 4. The Balaban J connectivity index is 2.50. The molecule has 0 saturated heterocycles. The molecular weight excluding hydrogens is 180 g/mol. The second-order valence-electron chi connectivity index (χ2n) is 3.59. The van der Waals surface area contributed by atoms with Crippen molar-refractivity contribution in [3.05, 3.63) is 22.7 Å². The molecule has 0 aliphatic carbocycles. The van der Waals surface area contributed by atoms with Gasteiger partial charge in [-0.2, -0.15) is 0 Å². The minimum absolute atomic E-state index is 0.0658. The Labute approximate surface area is 82.7 Å². The molecule has 0 spiro atoms. The molecule has 0 saturated carbocycles. The van der Waals surface area contributed by atoms with E-state index in [0.717, 1.165) is 0 Å². The van der Waals surface area contributed by atoms with Gasteiger partial charge in [0.05, 0.1) is 6.33 Å². The molecule has 5 heteroatoms. The predicted molar refractivity (Wildman–Crippen MR) is 56.2 cm³/mol. The van der Waals surface area contributed by atoms with E-state index in [1.165, 1.54) is 12.4 Å². The summed E-state index contributed by atoms with van der Waals surface area (Å²) in [6.07, 6.45) is 1.37. The van der Waals surface area contributed by atoms with Crippen molar-refractivity contribution in [2.24, 2.45) is 11.7 Å². The summed E-state index contributed by atoms with van der Waals surface area (Å²) in [6.45, 7) is 4.73. The summed E-state index contributed by atoms with van der Waals surface area (Å²) in [4.78, 5) is 17.3. The van der Waals surface area contributed by atoms with Gasteiger partial charge in [-0.15, -0.1) is 0 Å². The van der Waals surface area contributed by atoms with E-state index in [0.29, 0.717) is 18.3 Å². The summed E-state index contributed by atoms with van der Waals surface area (Å²) in [5.41, 5.74) is 5.66. The molecule has 4 N–H and O–H groups in total. The summed E-state index contributed by atoms with van der Waals surface area (Å²) in [5, 5.41) is 3.01. The normalized spacial score (nSPS) is 12.9. The van der Waals surface area contributed by atoms with Crippen LogP contribution in [-0.4, -0.2) is 22.6 Å². The fourth-order valence-electron chi connectivity index (χ4n) is 0.923. The number of hydrogen-bond donors (Lipinski definition) is 3. The second-order valence-corrected chi connectivity index (χ2v) is 3.59. The van der Waals surface area contributed by atoms with E-state index in [2.05, 4.69) is 29.1 Å². The quantitative estimate of drug-likeness (QED) is 0.640. The highest BCUT2D eigenvalue weighted by atomic mass is 16.1. The van der Waals surface area contributed by atoms with Crippen molar-refractivity contribution >= 4 is 5.82 Å². The lowest BCUT2D eigenvalue weighted by Gasteiger charge is -2.16. The number of nitrogens with one attached hydrogen (secondary N) is 2. The Kier molecular flexibility index (Phi) is 3.64. The van der Waals surface area contributed by atoms with Crippen molar-refractivity contribution < 1.29 is 0 Å². The molecule has 0 aromatic carbocycles. The average molecular weight is 196 g/mol. The molecule has 14 heavy (non-hydrogen) atoms. The zero-order valence-electron chi connectivity index (χ0n) is 8.45. The first kappa shape index (κ1) is 10.7. The van der Waals surface area contributed by atoms with E-state index in [1.807, 2.05) is 0 Å². The predicted octanol–water partition coefficient (Wildman–Crippen LogP) is 0.165. The highest BCUT2D eigenvalue weighted by molar-refractivity contribution is 5.31. The maximum atomic E-state index is 10.9. The number of H-pyrrole nitrogens is 1. The number of nitrogens with two attached hydrogens (primary N) is 1. The Hall–Kier alpha value is -1.36. The Bertz CT molecular complexity index is 334. The Morgan fingerprint density at radius 2 is 2.36 bits per heavy atom.